The van der Waals surface area contributed by atoms with Gasteiger partial charge in [0.1, 0.15) is 12.0 Å². The molecule has 1 saturated carbocycles. The van der Waals surface area contributed by atoms with Gasteiger partial charge < -0.3 is 9.53 Å². The predicted molar refractivity (Wildman–Crippen MR) is 59.2 cm³/mol. The van der Waals surface area contributed by atoms with Crippen LogP contribution in [0.4, 0.5) is 8.78 Å². The van der Waals surface area contributed by atoms with Crippen molar-refractivity contribution in [3.05, 3.63) is 29.8 Å². The average molecular weight is 240 g/mol. The van der Waals surface area contributed by atoms with Gasteiger partial charge in [0.05, 0.1) is 0 Å². The van der Waals surface area contributed by atoms with Crippen LogP contribution in [0.2, 0.25) is 0 Å². The number of ether oxygens (including phenoxy) is 1. The first-order valence-corrected chi connectivity index (χ1v) is 5.47. The minimum atomic E-state index is -2.84. The normalized spacial score (nSPS) is 25.7. The van der Waals surface area contributed by atoms with E-state index in [1.54, 1.807) is 18.2 Å². The standard InChI is InChI=1S/C13H14F2O2/c1-13(2)9(7-16)11(13)8-5-3-4-6-10(8)17-12(14)15/h3-7,9,11-12H,1-2H3. The van der Waals surface area contributed by atoms with Crippen molar-refractivity contribution in [3.63, 3.8) is 0 Å². The van der Waals surface area contributed by atoms with Crippen molar-refractivity contribution in [2.75, 3.05) is 0 Å². The van der Waals surface area contributed by atoms with Crippen molar-refractivity contribution in [3.8, 4) is 5.75 Å². The largest absolute Gasteiger partial charge is 0.435 e. The SMILES string of the molecule is CC1(C)C(C=O)C1c1ccccc1OC(F)F. The van der Waals surface area contributed by atoms with Gasteiger partial charge in [-0.3, -0.25) is 0 Å². The molecule has 0 aromatic heterocycles. The topological polar surface area (TPSA) is 26.3 Å². The van der Waals surface area contributed by atoms with E-state index in [2.05, 4.69) is 4.74 Å². The lowest BCUT2D eigenvalue weighted by Gasteiger charge is -2.11. The summed E-state index contributed by atoms with van der Waals surface area (Å²) in [5.74, 6) is 0.0183. The molecule has 0 saturated heterocycles. The lowest BCUT2D eigenvalue weighted by Crippen LogP contribution is -2.04. The first-order valence-electron chi connectivity index (χ1n) is 5.47. The minimum Gasteiger partial charge on any atom is -0.435 e. The molecular formula is C13H14F2O2. The number of rotatable bonds is 4. The number of carbonyl (C=O) groups is 1. The molecule has 0 bridgehead atoms. The van der Waals surface area contributed by atoms with Crippen molar-refractivity contribution < 1.29 is 18.3 Å². The van der Waals surface area contributed by atoms with Crippen LogP contribution in [0.15, 0.2) is 24.3 Å². The Bertz CT molecular complexity index is 429. The van der Waals surface area contributed by atoms with E-state index in [1.165, 1.54) is 6.07 Å². The van der Waals surface area contributed by atoms with Gasteiger partial charge >= 0.3 is 6.61 Å². The van der Waals surface area contributed by atoms with Crippen LogP contribution in [0, 0.1) is 11.3 Å². The highest BCUT2D eigenvalue weighted by Gasteiger charge is 2.59. The fraction of sp³-hybridized carbons (Fsp3) is 0.462. The Morgan fingerprint density at radius 2 is 2.00 bits per heavy atom. The molecule has 0 radical (unpaired) electrons. The molecule has 17 heavy (non-hydrogen) atoms. The Hall–Kier alpha value is -1.45. The van der Waals surface area contributed by atoms with Crippen LogP contribution in [0.25, 0.3) is 0 Å². The zero-order chi connectivity index (χ0) is 12.6. The number of hydrogen-bond donors (Lipinski definition) is 0. The van der Waals surface area contributed by atoms with Crippen LogP contribution in [-0.2, 0) is 4.79 Å². The maximum atomic E-state index is 12.3. The zero-order valence-corrected chi connectivity index (χ0v) is 9.69. The van der Waals surface area contributed by atoms with Gasteiger partial charge in [0.15, 0.2) is 0 Å². The summed E-state index contributed by atoms with van der Waals surface area (Å²) < 4.78 is 29.0. The number of aldehydes is 1. The number of alkyl halides is 2. The van der Waals surface area contributed by atoms with Gasteiger partial charge in [0.25, 0.3) is 0 Å². The van der Waals surface area contributed by atoms with E-state index in [0.29, 0.717) is 5.56 Å². The summed E-state index contributed by atoms with van der Waals surface area (Å²) in [7, 11) is 0. The van der Waals surface area contributed by atoms with E-state index in [0.717, 1.165) is 6.29 Å². The molecule has 2 nitrogen and oxygen atoms in total. The third kappa shape index (κ3) is 2.04. The van der Waals surface area contributed by atoms with Gasteiger partial charge in [0, 0.05) is 11.8 Å². The molecule has 1 aromatic carbocycles. The van der Waals surface area contributed by atoms with Crippen molar-refractivity contribution in [2.45, 2.75) is 26.4 Å². The number of para-hydroxylation sites is 1. The van der Waals surface area contributed by atoms with Crippen molar-refractivity contribution in [1.82, 2.24) is 0 Å². The molecule has 1 aliphatic carbocycles. The smallest absolute Gasteiger partial charge is 0.387 e. The fourth-order valence-electron chi connectivity index (χ4n) is 2.47. The average Bonchev–Trinajstić information content (AvgIpc) is 2.80. The second kappa shape index (κ2) is 4.09. The Morgan fingerprint density at radius 1 is 1.35 bits per heavy atom. The Kier molecular flexibility index (Phi) is 2.89. The lowest BCUT2D eigenvalue weighted by molar-refractivity contribution is -0.109. The first kappa shape index (κ1) is 12.0. The summed E-state index contributed by atoms with van der Waals surface area (Å²) >= 11 is 0. The Labute approximate surface area is 98.6 Å². The summed E-state index contributed by atoms with van der Waals surface area (Å²) in [5, 5.41) is 0. The molecule has 0 spiro atoms. The van der Waals surface area contributed by atoms with Gasteiger partial charge in [-0.05, 0) is 17.0 Å². The Balaban J connectivity index is 2.31. The quantitative estimate of drug-likeness (QED) is 0.755. The molecule has 1 aromatic rings. The van der Waals surface area contributed by atoms with E-state index >= 15 is 0 Å². The van der Waals surface area contributed by atoms with Crippen molar-refractivity contribution >= 4 is 6.29 Å². The van der Waals surface area contributed by atoms with Crippen LogP contribution in [-0.4, -0.2) is 12.9 Å². The highest BCUT2D eigenvalue weighted by molar-refractivity contribution is 5.66. The molecule has 2 rings (SSSR count). The molecule has 0 N–H and O–H groups in total. The number of halogens is 2. The number of carbonyl (C=O) groups excluding carboxylic acids is 1. The highest BCUT2D eigenvalue weighted by atomic mass is 19.3. The van der Waals surface area contributed by atoms with E-state index in [-0.39, 0.29) is 23.0 Å². The molecule has 2 unspecified atom stereocenters. The van der Waals surface area contributed by atoms with Gasteiger partial charge in [0.2, 0.25) is 0 Å². The van der Waals surface area contributed by atoms with Gasteiger partial charge in [-0.15, -0.1) is 0 Å². The summed E-state index contributed by atoms with van der Waals surface area (Å²) in [6.45, 7) is 1.07. The second-order valence-corrected chi connectivity index (χ2v) is 4.88. The molecule has 0 amide bonds. The predicted octanol–water partition coefficient (Wildman–Crippen LogP) is 3.23. The van der Waals surface area contributed by atoms with Crippen LogP contribution < -0.4 is 4.74 Å². The summed E-state index contributed by atoms with van der Waals surface area (Å²) in [4.78, 5) is 10.9. The third-order valence-electron chi connectivity index (χ3n) is 3.53. The van der Waals surface area contributed by atoms with Crippen LogP contribution in [0.5, 0.6) is 5.75 Å². The molecule has 0 aliphatic heterocycles. The van der Waals surface area contributed by atoms with Gasteiger partial charge in [-0.1, -0.05) is 32.0 Å². The molecule has 1 fully saturated rings. The van der Waals surface area contributed by atoms with E-state index in [1.807, 2.05) is 13.8 Å². The fourth-order valence-corrected chi connectivity index (χ4v) is 2.47. The first-order chi connectivity index (χ1) is 7.98. The van der Waals surface area contributed by atoms with Gasteiger partial charge in [-0.25, -0.2) is 0 Å². The van der Waals surface area contributed by atoms with Crippen LogP contribution in [0.1, 0.15) is 25.3 Å². The molecular weight excluding hydrogens is 226 g/mol. The van der Waals surface area contributed by atoms with Crippen LogP contribution in [0.3, 0.4) is 0 Å². The summed E-state index contributed by atoms with van der Waals surface area (Å²) in [5.41, 5.74) is 0.512. The van der Waals surface area contributed by atoms with Crippen LogP contribution >= 0.6 is 0 Å². The number of hydrogen-bond acceptors (Lipinski definition) is 2. The Morgan fingerprint density at radius 3 is 2.53 bits per heavy atom. The maximum Gasteiger partial charge on any atom is 0.387 e. The second-order valence-electron chi connectivity index (χ2n) is 4.88. The minimum absolute atomic E-state index is 0.0325. The number of benzene rings is 1. The summed E-state index contributed by atoms with van der Waals surface area (Å²) in [6, 6.07) is 6.67. The maximum absolute atomic E-state index is 12.3. The zero-order valence-electron chi connectivity index (χ0n) is 9.69. The van der Waals surface area contributed by atoms with E-state index in [4.69, 9.17) is 0 Å². The lowest BCUT2D eigenvalue weighted by atomic mass is 10.0. The van der Waals surface area contributed by atoms with Gasteiger partial charge in [-0.2, -0.15) is 8.78 Å². The molecule has 4 heteroatoms. The highest BCUT2D eigenvalue weighted by Crippen LogP contribution is 2.64. The molecule has 0 heterocycles. The monoisotopic (exact) mass is 240 g/mol. The molecule has 2 atom stereocenters. The van der Waals surface area contributed by atoms with E-state index in [9.17, 15) is 13.6 Å². The van der Waals surface area contributed by atoms with Crippen molar-refractivity contribution in [1.29, 1.82) is 0 Å². The van der Waals surface area contributed by atoms with Crippen molar-refractivity contribution in [2.24, 2.45) is 11.3 Å². The van der Waals surface area contributed by atoms with E-state index < -0.39 is 6.61 Å². The molecule has 92 valence electrons. The summed E-state index contributed by atoms with van der Waals surface area (Å²) in [6.07, 6.45) is 0.893. The molecule has 1 aliphatic rings. The third-order valence-corrected chi connectivity index (χ3v) is 3.53.